The SMILES string of the molecule is CC1(C)COc2nc3c(NCCc4ccc(O)c(-c5ccc(O)cc5)c4)nc(-c4cncc(F)c4)nc3n21. The van der Waals surface area contributed by atoms with Gasteiger partial charge in [0.05, 0.1) is 11.7 Å². The zero-order valence-corrected chi connectivity index (χ0v) is 20.8. The first-order valence-corrected chi connectivity index (χ1v) is 12.2. The van der Waals surface area contributed by atoms with E-state index in [9.17, 15) is 14.6 Å². The van der Waals surface area contributed by atoms with E-state index in [4.69, 9.17) is 9.72 Å². The average molecular weight is 513 g/mol. The molecular formula is C28H25FN6O3. The van der Waals surface area contributed by atoms with Crippen molar-refractivity contribution < 1.29 is 19.3 Å². The van der Waals surface area contributed by atoms with Gasteiger partial charge >= 0.3 is 0 Å². The molecule has 0 atom stereocenters. The van der Waals surface area contributed by atoms with Crippen LogP contribution in [0.3, 0.4) is 0 Å². The number of nitrogens with one attached hydrogen (secondary N) is 1. The lowest BCUT2D eigenvalue weighted by Gasteiger charge is -2.18. The number of fused-ring (bicyclic) bond motifs is 3. The second kappa shape index (κ2) is 8.98. The summed E-state index contributed by atoms with van der Waals surface area (Å²) in [5.74, 6) is 0.690. The normalized spacial score (nSPS) is 13.9. The molecule has 0 unspecified atom stereocenters. The molecule has 0 aliphatic carbocycles. The second-order valence-corrected chi connectivity index (χ2v) is 9.87. The second-order valence-electron chi connectivity index (χ2n) is 9.87. The highest BCUT2D eigenvalue weighted by molar-refractivity contribution is 5.86. The summed E-state index contributed by atoms with van der Waals surface area (Å²) in [5, 5.41) is 23.3. The van der Waals surface area contributed by atoms with Crippen LogP contribution in [0.4, 0.5) is 10.2 Å². The molecule has 5 aromatic rings. The van der Waals surface area contributed by atoms with E-state index < -0.39 is 5.82 Å². The van der Waals surface area contributed by atoms with Crippen LogP contribution in [0.15, 0.2) is 60.9 Å². The number of aromatic hydroxyl groups is 2. The number of rotatable bonds is 6. The van der Waals surface area contributed by atoms with Crippen LogP contribution in [0.25, 0.3) is 33.7 Å². The number of phenols is 2. The number of phenolic OH excluding ortho intramolecular Hbond substituents is 2. The standard InChI is InChI=1S/C28H25FN6O3/c1-28(2)15-38-27-32-23-25(33-24(34-26(23)35(27)28)18-12-19(29)14-30-13-18)31-10-9-16-3-8-22(37)21(11-16)17-4-6-20(36)7-5-17/h3-8,11-14,36-37H,9-10,15H2,1-2H3,(H,31,33,34). The molecule has 10 heteroatoms. The maximum Gasteiger partial charge on any atom is 0.299 e. The van der Waals surface area contributed by atoms with E-state index in [0.29, 0.717) is 59.5 Å². The maximum absolute atomic E-state index is 13.9. The van der Waals surface area contributed by atoms with E-state index in [2.05, 4.69) is 20.3 Å². The maximum atomic E-state index is 13.9. The van der Waals surface area contributed by atoms with Gasteiger partial charge in [-0.3, -0.25) is 9.55 Å². The van der Waals surface area contributed by atoms with Crippen LogP contribution in [0.2, 0.25) is 0 Å². The molecule has 4 heterocycles. The Balaban J connectivity index is 1.32. The molecule has 2 aromatic carbocycles. The highest BCUT2D eigenvalue weighted by atomic mass is 19.1. The molecule has 1 aliphatic rings. The van der Waals surface area contributed by atoms with Crippen molar-refractivity contribution in [2.45, 2.75) is 25.8 Å². The van der Waals surface area contributed by atoms with E-state index in [0.717, 1.165) is 17.3 Å². The Morgan fingerprint density at radius 3 is 2.61 bits per heavy atom. The fourth-order valence-electron chi connectivity index (χ4n) is 4.61. The van der Waals surface area contributed by atoms with Crippen LogP contribution in [-0.2, 0) is 12.0 Å². The third-order valence-corrected chi connectivity index (χ3v) is 6.54. The lowest BCUT2D eigenvalue weighted by atomic mass is 10.0. The molecule has 3 N–H and O–H groups in total. The number of ether oxygens (including phenoxy) is 1. The topological polar surface area (TPSA) is 118 Å². The van der Waals surface area contributed by atoms with Crippen LogP contribution in [-0.4, -0.2) is 47.9 Å². The Kier molecular flexibility index (Phi) is 5.59. The number of imidazole rings is 1. The molecule has 1 aliphatic heterocycles. The van der Waals surface area contributed by atoms with E-state index >= 15 is 0 Å². The van der Waals surface area contributed by atoms with E-state index in [1.54, 1.807) is 30.3 Å². The van der Waals surface area contributed by atoms with E-state index in [-0.39, 0.29) is 17.0 Å². The number of nitrogens with zero attached hydrogens (tertiary/aromatic N) is 5. The van der Waals surface area contributed by atoms with Crippen molar-refractivity contribution in [1.82, 2.24) is 24.5 Å². The molecule has 3 aromatic heterocycles. The minimum Gasteiger partial charge on any atom is -0.508 e. The molecule has 0 amide bonds. The van der Waals surface area contributed by atoms with Crippen molar-refractivity contribution in [2.24, 2.45) is 0 Å². The van der Waals surface area contributed by atoms with Crippen LogP contribution in [0.1, 0.15) is 19.4 Å². The Morgan fingerprint density at radius 1 is 1.00 bits per heavy atom. The predicted octanol–water partition coefficient (Wildman–Crippen LogP) is 4.89. The van der Waals surface area contributed by atoms with Gasteiger partial charge in [0.15, 0.2) is 22.8 Å². The summed E-state index contributed by atoms with van der Waals surface area (Å²) in [6.07, 6.45) is 3.29. The molecule has 9 nitrogen and oxygen atoms in total. The number of anilines is 1. The van der Waals surface area contributed by atoms with Gasteiger partial charge in [0.2, 0.25) is 0 Å². The van der Waals surface area contributed by atoms with Crippen molar-refractivity contribution in [1.29, 1.82) is 0 Å². The summed E-state index contributed by atoms with van der Waals surface area (Å²) in [7, 11) is 0. The van der Waals surface area contributed by atoms with Gasteiger partial charge in [-0.25, -0.2) is 14.4 Å². The number of aromatic nitrogens is 5. The average Bonchev–Trinajstić information content (AvgIpc) is 3.42. The summed E-state index contributed by atoms with van der Waals surface area (Å²) in [6.45, 7) is 5.07. The van der Waals surface area contributed by atoms with Gasteiger partial charge in [-0.1, -0.05) is 18.2 Å². The van der Waals surface area contributed by atoms with Gasteiger partial charge < -0.3 is 20.3 Å². The summed E-state index contributed by atoms with van der Waals surface area (Å²) < 4.78 is 21.7. The number of benzene rings is 2. The highest BCUT2D eigenvalue weighted by Gasteiger charge is 2.36. The molecule has 0 saturated carbocycles. The molecule has 0 saturated heterocycles. The third kappa shape index (κ3) is 4.23. The van der Waals surface area contributed by atoms with E-state index in [1.165, 1.54) is 12.3 Å². The lowest BCUT2D eigenvalue weighted by molar-refractivity contribution is 0.268. The number of hydrogen-bond donors (Lipinski definition) is 3. The van der Waals surface area contributed by atoms with Gasteiger partial charge in [-0.05, 0) is 61.7 Å². The van der Waals surface area contributed by atoms with Crippen LogP contribution in [0, 0.1) is 5.82 Å². The van der Waals surface area contributed by atoms with Gasteiger partial charge in [-0.2, -0.15) is 4.98 Å². The molecule has 0 fully saturated rings. The zero-order chi connectivity index (χ0) is 26.4. The smallest absolute Gasteiger partial charge is 0.299 e. The molecule has 6 rings (SSSR count). The van der Waals surface area contributed by atoms with Gasteiger partial charge in [0.1, 0.15) is 23.9 Å². The first kappa shape index (κ1) is 23.7. The number of halogens is 1. The lowest BCUT2D eigenvalue weighted by Crippen LogP contribution is -2.25. The zero-order valence-electron chi connectivity index (χ0n) is 20.8. The van der Waals surface area contributed by atoms with Crippen molar-refractivity contribution in [3.63, 3.8) is 0 Å². The number of hydrogen-bond acceptors (Lipinski definition) is 8. The third-order valence-electron chi connectivity index (χ3n) is 6.54. The highest BCUT2D eigenvalue weighted by Crippen LogP contribution is 2.37. The minimum absolute atomic E-state index is 0.161. The van der Waals surface area contributed by atoms with Gasteiger partial charge in [-0.15, -0.1) is 0 Å². The van der Waals surface area contributed by atoms with Crippen molar-refractivity contribution >= 4 is 17.0 Å². The van der Waals surface area contributed by atoms with E-state index in [1.807, 2.05) is 30.5 Å². The molecule has 0 spiro atoms. The molecule has 38 heavy (non-hydrogen) atoms. The fraction of sp³-hybridized carbons (Fsp3) is 0.214. The molecule has 0 radical (unpaired) electrons. The Labute approximate surface area is 217 Å². The summed E-state index contributed by atoms with van der Waals surface area (Å²) in [5.41, 5.74) is 3.74. The predicted molar refractivity (Wildman–Crippen MR) is 141 cm³/mol. The van der Waals surface area contributed by atoms with Gasteiger partial charge in [0, 0.05) is 23.9 Å². The first-order valence-electron chi connectivity index (χ1n) is 12.2. The summed E-state index contributed by atoms with van der Waals surface area (Å²) >= 11 is 0. The largest absolute Gasteiger partial charge is 0.508 e. The molecular weight excluding hydrogens is 487 g/mol. The molecule has 192 valence electrons. The quantitative estimate of drug-likeness (QED) is 0.294. The minimum atomic E-state index is -0.473. The van der Waals surface area contributed by atoms with Crippen LogP contribution in [0.5, 0.6) is 17.5 Å². The monoisotopic (exact) mass is 512 g/mol. The first-order chi connectivity index (χ1) is 18.3. The molecule has 0 bridgehead atoms. The summed E-state index contributed by atoms with van der Waals surface area (Å²) in [4.78, 5) is 18.0. The fourth-order valence-corrected chi connectivity index (χ4v) is 4.61. The number of pyridine rings is 1. The van der Waals surface area contributed by atoms with Crippen molar-refractivity contribution in [2.75, 3.05) is 18.5 Å². The van der Waals surface area contributed by atoms with Crippen molar-refractivity contribution in [3.8, 4) is 40.0 Å². The Morgan fingerprint density at radius 2 is 1.82 bits per heavy atom. The van der Waals surface area contributed by atoms with Crippen LogP contribution >= 0.6 is 0 Å². The van der Waals surface area contributed by atoms with Gasteiger partial charge in [0.25, 0.3) is 6.01 Å². The van der Waals surface area contributed by atoms with Crippen LogP contribution < -0.4 is 10.1 Å². The Hall–Kier alpha value is -4.73. The Bertz CT molecular complexity index is 1670. The van der Waals surface area contributed by atoms with Crippen molar-refractivity contribution in [3.05, 3.63) is 72.3 Å². The summed E-state index contributed by atoms with van der Waals surface area (Å²) in [6, 6.07) is 13.9.